The highest BCUT2D eigenvalue weighted by Crippen LogP contribution is 2.14. The van der Waals surface area contributed by atoms with Crippen molar-refractivity contribution in [3.8, 4) is 0 Å². The largest absolute Gasteiger partial charge is 0.316 e. The van der Waals surface area contributed by atoms with Crippen molar-refractivity contribution in [3.63, 3.8) is 0 Å². The summed E-state index contributed by atoms with van der Waals surface area (Å²) in [4.78, 5) is 36.4. The molecule has 0 radical (unpaired) electrons. The molecule has 1 aromatic carbocycles. The fourth-order valence-corrected chi connectivity index (χ4v) is 1.81. The molecule has 0 fully saturated rings. The lowest BCUT2D eigenvalue weighted by atomic mass is 10.2. The molecular weight excluding hydrogens is 276 g/mol. The average molecular weight is 283 g/mol. The van der Waals surface area contributed by atoms with Gasteiger partial charge >= 0.3 is 11.1 Å². The molecule has 0 aliphatic carbocycles. The summed E-state index contributed by atoms with van der Waals surface area (Å²) >= 11 is 3.24. The van der Waals surface area contributed by atoms with E-state index in [0.717, 1.165) is 9.04 Å². The molecule has 1 heterocycles. The molecule has 16 heavy (non-hydrogen) atoms. The minimum atomic E-state index is -0.917. The molecule has 0 amide bonds. The molecular formula is C10H7BrN2O3. The number of hydrogen-bond acceptors (Lipinski definition) is 3. The van der Waals surface area contributed by atoms with Crippen LogP contribution >= 0.6 is 15.9 Å². The molecule has 0 aliphatic rings. The molecule has 5 nitrogen and oxygen atoms in total. The Balaban J connectivity index is 3.27. The lowest BCUT2D eigenvalue weighted by Crippen LogP contribution is -2.33. The van der Waals surface area contributed by atoms with Crippen LogP contribution in [0.1, 0.15) is 0 Å². The summed E-state index contributed by atoms with van der Waals surface area (Å²) in [5, 5.41) is 0.296. The number of halogens is 1. The van der Waals surface area contributed by atoms with Gasteiger partial charge in [-0.15, -0.1) is 0 Å². The van der Waals surface area contributed by atoms with Gasteiger partial charge < -0.3 is 4.57 Å². The number of fused-ring (bicyclic) bond motifs is 1. The van der Waals surface area contributed by atoms with Gasteiger partial charge in [-0.05, 0) is 18.2 Å². The number of H-pyrrole nitrogens is 1. The van der Waals surface area contributed by atoms with Gasteiger partial charge in [-0.1, -0.05) is 15.9 Å². The van der Waals surface area contributed by atoms with Gasteiger partial charge in [-0.2, -0.15) is 0 Å². The van der Waals surface area contributed by atoms with E-state index in [1.807, 2.05) is 4.98 Å². The maximum atomic E-state index is 11.6. The van der Waals surface area contributed by atoms with Crippen LogP contribution in [0.15, 0.2) is 37.1 Å². The van der Waals surface area contributed by atoms with Crippen LogP contribution in [0.5, 0.6) is 0 Å². The van der Waals surface area contributed by atoms with E-state index in [2.05, 4.69) is 15.9 Å². The number of nitrogens with zero attached hydrogens (tertiary/aromatic N) is 1. The van der Waals surface area contributed by atoms with Crippen LogP contribution in [0, 0.1) is 0 Å². The molecule has 0 saturated carbocycles. The van der Waals surface area contributed by atoms with E-state index >= 15 is 0 Å². The third-order valence-electron chi connectivity index (χ3n) is 2.29. The van der Waals surface area contributed by atoms with Crippen LogP contribution in [-0.2, 0) is 7.05 Å². The Labute approximate surface area is 97.5 Å². The van der Waals surface area contributed by atoms with Gasteiger partial charge in [-0.25, -0.2) is 0 Å². The highest BCUT2D eigenvalue weighted by Gasteiger charge is 2.05. The first kappa shape index (κ1) is 10.8. The Kier molecular flexibility index (Phi) is 2.51. The first-order valence-corrected chi connectivity index (χ1v) is 5.23. The van der Waals surface area contributed by atoms with Gasteiger partial charge in [0.15, 0.2) is 0 Å². The molecule has 0 saturated heterocycles. The maximum Gasteiger partial charge on any atom is 0.316 e. The van der Waals surface area contributed by atoms with Crippen molar-refractivity contribution in [2.75, 3.05) is 0 Å². The Bertz CT molecular complexity index is 746. The van der Waals surface area contributed by atoms with Crippen LogP contribution in [-0.4, -0.2) is 9.55 Å². The first-order valence-electron chi connectivity index (χ1n) is 4.43. The Morgan fingerprint density at radius 2 is 1.88 bits per heavy atom. The molecule has 1 N–H and O–H groups in total. The Morgan fingerprint density at radius 3 is 2.56 bits per heavy atom. The molecule has 0 aliphatic heterocycles. The van der Waals surface area contributed by atoms with Crippen LogP contribution in [0.2, 0.25) is 0 Å². The van der Waals surface area contributed by atoms with E-state index < -0.39 is 16.7 Å². The van der Waals surface area contributed by atoms with Crippen LogP contribution in [0.4, 0.5) is 0 Å². The second-order valence-electron chi connectivity index (χ2n) is 3.31. The van der Waals surface area contributed by atoms with Crippen molar-refractivity contribution in [1.29, 1.82) is 0 Å². The average Bonchev–Trinajstić information content (AvgIpc) is 2.32. The predicted octanol–water partition coefficient (Wildman–Crippen LogP) is 0.350. The molecule has 6 heteroatoms. The quantitative estimate of drug-likeness (QED) is 0.709. The summed E-state index contributed by atoms with van der Waals surface area (Å²) in [7, 11) is 1.45. The summed E-state index contributed by atoms with van der Waals surface area (Å²) in [5.74, 6) is 0. The summed E-state index contributed by atoms with van der Waals surface area (Å²) < 4.78 is 1.88. The van der Waals surface area contributed by atoms with Crippen molar-refractivity contribution < 1.29 is 0 Å². The Morgan fingerprint density at radius 1 is 1.19 bits per heavy atom. The summed E-state index contributed by atoms with van der Waals surface area (Å²) in [6, 6.07) is 4.84. The predicted molar refractivity (Wildman–Crippen MR) is 63.8 cm³/mol. The number of aromatic amines is 1. The number of rotatable bonds is 0. The highest BCUT2D eigenvalue weighted by atomic mass is 79.9. The molecule has 2 aromatic rings. The number of aryl methyl sites for hydroxylation is 1. The van der Waals surface area contributed by atoms with Gasteiger partial charge in [0.25, 0.3) is 5.56 Å². The smallest absolute Gasteiger partial charge is 0.306 e. The molecule has 1 aromatic heterocycles. The second-order valence-corrected chi connectivity index (χ2v) is 4.22. The van der Waals surface area contributed by atoms with Crippen molar-refractivity contribution in [2.45, 2.75) is 0 Å². The molecule has 0 spiro atoms. The number of aromatic nitrogens is 2. The second kappa shape index (κ2) is 3.71. The SMILES string of the molecule is Cn1c(=O)c(=O)[nH]c(=O)c2ccc(Br)cc21. The number of hydrogen-bond donors (Lipinski definition) is 1. The topological polar surface area (TPSA) is 71.9 Å². The fraction of sp³-hybridized carbons (Fsp3) is 0.100. The fourth-order valence-electron chi connectivity index (χ4n) is 1.46. The maximum absolute atomic E-state index is 11.6. The summed E-state index contributed by atoms with van der Waals surface area (Å²) in [5.41, 5.74) is -1.84. The molecule has 0 unspecified atom stereocenters. The van der Waals surface area contributed by atoms with Gasteiger partial charge in [0.1, 0.15) is 0 Å². The normalized spacial score (nSPS) is 10.6. The zero-order chi connectivity index (χ0) is 11.9. The minimum Gasteiger partial charge on any atom is -0.306 e. The van der Waals surface area contributed by atoms with E-state index in [9.17, 15) is 14.4 Å². The summed E-state index contributed by atoms with van der Waals surface area (Å²) in [6.45, 7) is 0. The first-order chi connectivity index (χ1) is 7.50. The van der Waals surface area contributed by atoms with Gasteiger partial charge in [0.2, 0.25) is 0 Å². The third-order valence-corrected chi connectivity index (χ3v) is 2.78. The van der Waals surface area contributed by atoms with Gasteiger partial charge in [0, 0.05) is 11.5 Å². The van der Waals surface area contributed by atoms with Crippen LogP contribution < -0.4 is 16.7 Å². The van der Waals surface area contributed by atoms with Crippen molar-refractivity contribution in [1.82, 2.24) is 9.55 Å². The number of benzene rings is 1. The third kappa shape index (κ3) is 1.61. The van der Waals surface area contributed by atoms with E-state index in [4.69, 9.17) is 0 Å². The van der Waals surface area contributed by atoms with Crippen LogP contribution in [0.25, 0.3) is 10.9 Å². The lowest BCUT2D eigenvalue weighted by molar-refractivity contribution is 0.890. The molecule has 0 atom stereocenters. The molecule has 2 rings (SSSR count). The van der Waals surface area contributed by atoms with Crippen molar-refractivity contribution in [3.05, 3.63) is 53.7 Å². The highest BCUT2D eigenvalue weighted by molar-refractivity contribution is 9.10. The zero-order valence-corrected chi connectivity index (χ0v) is 9.87. The molecule has 0 bridgehead atoms. The van der Waals surface area contributed by atoms with E-state index in [0.29, 0.717) is 10.9 Å². The minimum absolute atomic E-state index is 0.296. The van der Waals surface area contributed by atoms with Crippen molar-refractivity contribution >= 4 is 26.8 Å². The summed E-state index contributed by atoms with van der Waals surface area (Å²) in [6.07, 6.45) is 0. The number of nitrogens with one attached hydrogen (secondary N) is 1. The zero-order valence-electron chi connectivity index (χ0n) is 8.28. The lowest BCUT2D eigenvalue weighted by Gasteiger charge is -1.98. The van der Waals surface area contributed by atoms with E-state index in [-0.39, 0.29) is 0 Å². The van der Waals surface area contributed by atoms with Crippen molar-refractivity contribution in [2.24, 2.45) is 7.05 Å². The van der Waals surface area contributed by atoms with E-state index in [1.165, 1.54) is 7.05 Å². The van der Waals surface area contributed by atoms with Crippen LogP contribution in [0.3, 0.4) is 0 Å². The van der Waals surface area contributed by atoms with Gasteiger partial charge in [-0.3, -0.25) is 19.4 Å². The molecule has 82 valence electrons. The van der Waals surface area contributed by atoms with E-state index in [1.54, 1.807) is 18.2 Å². The monoisotopic (exact) mass is 282 g/mol. The Hall–Kier alpha value is -1.69. The van der Waals surface area contributed by atoms with Gasteiger partial charge in [0.05, 0.1) is 10.9 Å². The standard InChI is InChI=1S/C10H7BrN2O3/c1-13-7-4-5(11)2-3-6(7)8(14)12-9(15)10(13)16/h2-4H,1H3,(H,12,14,15).